The van der Waals surface area contributed by atoms with Crippen LogP contribution in [0.2, 0.25) is 0 Å². The molecule has 2 unspecified atom stereocenters. The average Bonchev–Trinajstić information content (AvgIpc) is 2.48. The molecule has 6 heteroatoms. The van der Waals surface area contributed by atoms with Crippen molar-refractivity contribution < 1.29 is 19.0 Å². The second kappa shape index (κ2) is 6.58. The van der Waals surface area contributed by atoms with Crippen molar-refractivity contribution in [3.05, 3.63) is 23.8 Å². The van der Waals surface area contributed by atoms with Crippen molar-refractivity contribution >= 4 is 5.91 Å². The van der Waals surface area contributed by atoms with Crippen molar-refractivity contribution in [3.63, 3.8) is 0 Å². The Morgan fingerprint density at radius 2 is 2.10 bits per heavy atom. The number of hydrogen-bond donors (Lipinski definition) is 2. The summed E-state index contributed by atoms with van der Waals surface area (Å²) < 4.78 is 16.0. The van der Waals surface area contributed by atoms with Crippen LogP contribution in [0, 0.1) is 0 Å². The van der Waals surface area contributed by atoms with Crippen LogP contribution in [0.3, 0.4) is 0 Å². The van der Waals surface area contributed by atoms with Gasteiger partial charge in [-0.1, -0.05) is 6.07 Å². The number of rotatable bonds is 5. The summed E-state index contributed by atoms with van der Waals surface area (Å²) in [6.07, 6.45) is -0.630. The fourth-order valence-corrected chi connectivity index (χ4v) is 2.03. The van der Waals surface area contributed by atoms with Gasteiger partial charge in [-0.15, -0.1) is 0 Å². The lowest BCUT2D eigenvalue weighted by Crippen LogP contribution is -2.41. The second-order valence-corrected chi connectivity index (χ2v) is 4.59. The molecule has 1 aliphatic heterocycles. The quantitative estimate of drug-likeness (QED) is 0.825. The summed E-state index contributed by atoms with van der Waals surface area (Å²) in [7, 11) is 1.46. The standard InChI is InChI=1S/C14H20N2O4/c1-9(16-14(17)13(8-15)18-2)10-3-4-11-12(7-10)20-6-5-19-11/h3-4,7,9,13H,5-6,8,15H2,1-2H3,(H,16,17). The van der Waals surface area contributed by atoms with Crippen LogP contribution in [-0.2, 0) is 9.53 Å². The van der Waals surface area contributed by atoms with Crippen molar-refractivity contribution in [2.24, 2.45) is 5.73 Å². The minimum Gasteiger partial charge on any atom is -0.486 e. The third-order valence-corrected chi connectivity index (χ3v) is 3.22. The smallest absolute Gasteiger partial charge is 0.250 e. The number of carbonyl (C=O) groups excluding carboxylic acids is 1. The Morgan fingerprint density at radius 1 is 1.40 bits per heavy atom. The van der Waals surface area contributed by atoms with Crippen molar-refractivity contribution in [2.45, 2.75) is 19.1 Å². The largest absolute Gasteiger partial charge is 0.486 e. The van der Waals surface area contributed by atoms with E-state index in [4.69, 9.17) is 19.9 Å². The molecule has 1 aliphatic rings. The molecule has 1 aromatic carbocycles. The van der Waals surface area contributed by atoms with E-state index < -0.39 is 6.10 Å². The molecule has 1 amide bonds. The van der Waals surface area contributed by atoms with Crippen molar-refractivity contribution in [3.8, 4) is 11.5 Å². The van der Waals surface area contributed by atoms with E-state index >= 15 is 0 Å². The highest BCUT2D eigenvalue weighted by Crippen LogP contribution is 2.32. The van der Waals surface area contributed by atoms with Gasteiger partial charge in [-0.3, -0.25) is 4.79 Å². The van der Waals surface area contributed by atoms with E-state index in [1.165, 1.54) is 7.11 Å². The van der Waals surface area contributed by atoms with Gasteiger partial charge in [-0.25, -0.2) is 0 Å². The summed E-state index contributed by atoms with van der Waals surface area (Å²) in [5, 5.41) is 2.86. The Balaban J connectivity index is 2.05. The zero-order valence-electron chi connectivity index (χ0n) is 11.7. The molecular weight excluding hydrogens is 260 g/mol. The lowest BCUT2D eigenvalue weighted by atomic mass is 10.1. The summed E-state index contributed by atoms with van der Waals surface area (Å²) >= 11 is 0. The van der Waals surface area contributed by atoms with Crippen LogP contribution in [0.1, 0.15) is 18.5 Å². The van der Waals surface area contributed by atoms with E-state index in [-0.39, 0.29) is 18.5 Å². The Labute approximate surface area is 118 Å². The second-order valence-electron chi connectivity index (χ2n) is 4.59. The predicted octanol–water partition coefficient (Wildman–Crippen LogP) is 0.609. The topological polar surface area (TPSA) is 82.8 Å². The number of ether oxygens (including phenoxy) is 3. The van der Waals surface area contributed by atoms with Gasteiger partial charge in [-0.05, 0) is 24.6 Å². The van der Waals surface area contributed by atoms with Crippen LogP contribution in [0.5, 0.6) is 11.5 Å². The molecule has 0 radical (unpaired) electrons. The number of benzene rings is 1. The molecule has 1 heterocycles. The highest BCUT2D eigenvalue weighted by atomic mass is 16.6. The molecule has 0 saturated carbocycles. The molecule has 0 fully saturated rings. The number of hydrogen-bond acceptors (Lipinski definition) is 5. The summed E-state index contributed by atoms with van der Waals surface area (Å²) in [4.78, 5) is 11.9. The van der Waals surface area contributed by atoms with Crippen LogP contribution in [-0.4, -0.2) is 38.9 Å². The predicted molar refractivity (Wildman–Crippen MR) is 73.8 cm³/mol. The van der Waals surface area contributed by atoms with Crippen LogP contribution in [0.15, 0.2) is 18.2 Å². The van der Waals surface area contributed by atoms with Crippen molar-refractivity contribution in [1.82, 2.24) is 5.32 Å². The molecule has 1 aromatic rings. The molecular formula is C14H20N2O4. The molecule has 0 spiro atoms. The van der Waals surface area contributed by atoms with E-state index in [1.54, 1.807) is 0 Å². The zero-order valence-corrected chi connectivity index (χ0v) is 11.7. The first kappa shape index (κ1) is 14.6. The zero-order chi connectivity index (χ0) is 14.5. The van der Waals surface area contributed by atoms with E-state index in [1.807, 2.05) is 25.1 Å². The number of nitrogens with one attached hydrogen (secondary N) is 1. The first-order valence-electron chi connectivity index (χ1n) is 6.58. The molecule has 6 nitrogen and oxygen atoms in total. The number of amides is 1. The Kier molecular flexibility index (Phi) is 4.81. The SMILES string of the molecule is COC(CN)C(=O)NC(C)c1ccc2c(c1)OCCO2. The normalized spacial score (nSPS) is 16.4. The monoisotopic (exact) mass is 280 g/mol. The van der Waals surface area contributed by atoms with E-state index in [0.29, 0.717) is 19.0 Å². The molecule has 3 N–H and O–H groups in total. The Bertz CT molecular complexity index is 474. The van der Waals surface area contributed by atoms with Gasteiger partial charge in [0.25, 0.3) is 5.91 Å². The van der Waals surface area contributed by atoms with Gasteiger partial charge in [0.05, 0.1) is 6.04 Å². The summed E-state index contributed by atoms with van der Waals surface area (Å²) in [6, 6.07) is 5.47. The van der Waals surface area contributed by atoms with Gasteiger partial charge < -0.3 is 25.3 Å². The van der Waals surface area contributed by atoms with E-state index in [2.05, 4.69) is 5.32 Å². The third-order valence-electron chi connectivity index (χ3n) is 3.22. The van der Waals surface area contributed by atoms with Gasteiger partial charge in [0.1, 0.15) is 19.3 Å². The lowest BCUT2D eigenvalue weighted by Gasteiger charge is -2.22. The molecule has 0 aromatic heterocycles. The minimum atomic E-state index is -0.630. The lowest BCUT2D eigenvalue weighted by molar-refractivity contribution is -0.131. The van der Waals surface area contributed by atoms with E-state index in [9.17, 15) is 4.79 Å². The maximum absolute atomic E-state index is 11.9. The maximum Gasteiger partial charge on any atom is 0.250 e. The number of nitrogens with two attached hydrogens (primary N) is 1. The van der Waals surface area contributed by atoms with E-state index in [0.717, 1.165) is 11.3 Å². The first-order valence-corrected chi connectivity index (χ1v) is 6.58. The highest BCUT2D eigenvalue weighted by molar-refractivity contribution is 5.81. The molecule has 20 heavy (non-hydrogen) atoms. The molecule has 0 saturated heterocycles. The third kappa shape index (κ3) is 3.20. The fourth-order valence-electron chi connectivity index (χ4n) is 2.03. The van der Waals surface area contributed by atoms with Crippen molar-refractivity contribution in [2.75, 3.05) is 26.9 Å². The van der Waals surface area contributed by atoms with Gasteiger partial charge in [0.2, 0.25) is 0 Å². The highest BCUT2D eigenvalue weighted by Gasteiger charge is 2.20. The number of carbonyl (C=O) groups is 1. The maximum atomic E-state index is 11.9. The summed E-state index contributed by atoms with van der Waals surface area (Å²) in [5.74, 6) is 1.21. The van der Waals surface area contributed by atoms with Crippen LogP contribution < -0.4 is 20.5 Å². The number of fused-ring (bicyclic) bond motifs is 1. The van der Waals surface area contributed by atoms with Gasteiger partial charge in [-0.2, -0.15) is 0 Å². The van der Waals surface area contributed by atoms with Crippen LogP contribution in [0.25, 0.3) is 0 Å². The van der Waals surface area contributed by atoms with Gasteiger partial charge >= 0.3 is 0 Å². The molecule has 2 rings (SSSR count). The first-order chi connectivity index (χ1) is 9.65. The Morgan fingerprint density at radius 3 is 2.75 bits per heavy atom. The minimum absolute atomic E-state index is 0.149. The number of methoxy groups -OCH3 is 1. The molecule has 0 bridgehead atoms. The Hall–Kier alpha value is -1.79. The van der Waals surface area contributed by atoms with Gasteiger partial charge in [0, 0.05) is 13.7 Å². The summed E-state index contributed by atoms with van der Waals surface area (Å²) in [5.41, 5.74) is 6.41. The molecule has 110 valence electrons. The average molecular weight is 280 g/mol. The summed E-state index contributed by atoms with van der Waals surface area (Å²) in [6.45, 7) is 3.14. The van der Waals surface area contributed by atoms with Crippen molar-refractivity contribution in [1.29, 1.82) is 0 Å². The fraction of sp³-hybridized carbons (Fsp3) is 0.500. The van der Waals surface area contributed by atoms with Crippen LogP contribution >= 0.6 is 0 Å². The molecule has 0 aliphatic carbocycles. The molecule has 2 atom stereocenters. The van der Waals surface area contributed by atoms with Crippen LogP contribution in [0.4, 0.5) is 0 Å². The van der Waals surface area contributed by atoms with Gasteiger partial charge in [0.15, 0.2) is 11.5 Å².